The lowest BCUT2D eigenvalue weighted by atomic mass is 9.91. The number of rotatable bonds is 12. The van der Waals surface area contributed by atoms with E-state index in [4.69, 9.17) is 0 Å². The zero-order valence-electron chi connectivity index (χ0n) is 14.1. The second-order valence-electron chi connectivity index (χ2n) is 6.94. The predicted molar refractivity (Wildman–Crippen MR) is 87.1 cm³/mol. The topological polar surface area (TPSA) is 35.5 Å². The summed E-state index contributed by atoms with van der Waals surface area (Å²) in [5.41, 5.74) is -0.0525. The van der Waals surface area contributed by atoms with Crippen molar-refractivity contribution in [1.29, 1.82) is 0 Å². The van der Waals surface area contributed by atoms with Gasteiger partial charge in [-0.05, 0) is 57.5 Å². The first-order valence-electron chi connectivity index (χ1n) is 8.66. The molecule has 1 rings (SSSR count). The van der Waals surface area contributed by atoms with Gasteiger partial charge in [-0.3, -0.25) is 0 Å². The summed E-state index contributed by atoms with van der Waals surface area (Å²) in [6, 6.07) is 0.853. The first-order chi connectivity index (χ1) is 9.56. The van der Waals surface area contributed by atoms with Crippen molar-refractivity contribution in [2.45, 2.75) is 77.8 Å². The van der Waals surface area contributed by atoms with Gasteiger partial charge >= 0.3 is 0 Å². The second kappa shape index (κ2) is 9.01. The highest BCUT2D eigenvalue weighted by atomic mass is 16.3. The Balaban J connectivity index is 2.37. The minimum absolute atomic E-state index is 0.0525. The molecule has 0 aliphatic heterocycles. The summed E-state index contributed by atoms with van der Waals surface area (Å²) in [4.78, 5) is 2.67. The summed E-state index contributed by atoms with van der Waals surface area (Å²) < 4.78 is 0. The molecule has 0 saturated heterocycles. The van der Waals surface area contributed by atoms with E-state index in [1.54, 1.807) is 0 Å². The zero-order chi connectivity index (χ0) is 15.0. The molecule has 0 radical (unpaired) electrons. The summed E-state index contributed by atoms with van der Waals surface area (Å²) in [6.45, 7) is 12.7. The van der Waals surface area contributed by atoms with Crippen molar-refractivity contribution >= 4 is 0 Å². The average molecular weight is 284 g/mol. The van der Waals surface area contributed by atoms with Gasteiger partial charge in [0.1, 0.15) is 0 Å². The quantitative estimate of drug-likeness (QED) is 0.578. The molecule has 1 unspecified atom stereocenters. The Labute approximate surface area is 126 Å². The van der Waals surface area contributed by atoms with E-state index in [1.165, 1.54) is 32.4 Å². The molecule has 1 atom stereocenters. The largest absolute Gasteiger partial charge is 0.394 e. The van der Waals surface area contributed by atoms with E-state index < -0.39 is 0 Å². The van der Waals surface area contributed by atoms with Gasteiger partial charge in [-0.25, -0.2) is 0 Å². The zero-order valence-corrected chi connectivity index (χ0v) is 14.1. The molecule has 0 aromatic heterocycles. The van der Waals surface area contributed by atoms with E-state index in [0.717, 1.165) is 37.8 Å². The number of hydrogen-bond donors (Lipinski definition) is 2. The Morgan fingerprint density at radius 2 is 2.00 bits per heavy atom. The smallest absolute Gasteiger partial charge is 0.0613 e. The van der Waals surface area contributed by atoms with Gasteiger partial charge in [0.2, 0.25) is 0 Å². The number of nitrogens with zero attached hydrogens (tertiary/aromatic N) is 1. The third-order valence-corrected chi connectivity index (χ3v) is 4.49. The molecule has 3 nitrogen and oxygen atoms in total. The third kappa shape index (κ3) is 6.11. The summed E-state index contributed by atoms with van der Waals surface area (Å²) >= 11 is 0. The Kier molecular flexibility index (Phi) is 8.08. The van der Waals surface area contributed by atoms with Crippen molar-refractivity contribution in [3.05, 3.63) is 0 Å². The monoisotopic (exact) mass is 284 g/mol. The van der Waals surface area contributed by atoms with Crippen LogP contribution in [0.1, 0.15) is 66.2 Å². The van der Waals surface area contributed by atoms with Gasteiger partial charge in [0.15, 0.2) is 0 Å². The number of hydrogen-bond acceptors (Lipinski definition) is 3. The molecule has 0 heterocycles. The fourth-order valence-corrected chi connectivity index (χ4v) is 2.98. The van der Waals surface area contributed by atoms with Crippen molar-refractivity contribution in [2.24, 2.45) is 5.92 Å². The van der Waals surface area contributed by atoms with Crippen molar-refractivity contribution in [1.82, 2.24) is 10.2 Å². The van der Waals surface area contributed by atoms with Crippen LogP contribution in [0.2, 0.25) is 0 Å². The highest BCUT2D eigenvalue weighted by Gasteiger charge is 2.30. The van der Waals surface area contributed by atoms with Crippen LogP contribution in [0, 0.1) is 5.92 Å². The minimum Gasteiger partial charge on any atom is -0.394 e. The Morgan fingerprint density at radius 3 is 2.45 bits per heavy atom. The van der Waals surface area contributed by atoms with Gasteiger partial charge in [-0.2, -0.15) is 0 Å². The molecule has 1 fully saturated rings. The van der Waals surface area contributed by atoms with Crippen LogP contribution >= 0.6 is 0 Å². The van der Waals surface area contributed by atoms with E-state index >= 15 is 0 Å². The Bertz CT molecular complexity index is 247. The maximum Gasteiger partial charge on any atom is 0.0613 e. The Hall–Kier alpha value is -0.120. The van der Waals surface area contributed by atoms with Crippen LogP contribution in [0.25, 0.3) is 0 Å². The van der Waals surface area contributed by atoms with E-state index in [1.807, 2.05) is 0 Å². The van der Waals surface area contributed by atoms with Crippen LogP contribution in [-0.4, -0.2) is 47.8 Å². The van der Waals surface area contributed by atoms with E-state index in [9.17, 15) is 5.11 Å². The molecule has 0 spiro atoms. The van der Waals surface area contributed by atoms with E-state index in [2.05, 4.69) is 37.9 Å². The van der Waals surface area contributed by atoms with Crippen LogP contribution in [0.15, 0.2) is 0 Å². The molecule has 1 aliphatic rings. The molecule has 1 aliphatic carbocycles. The van der Waals surface area contributed by atoms with E-state index in [0.29, 0.717) is 0 Å². The normalized spacial score (nSPS) is 18.8. The lowest BCUT2D eigenvalue weighted by molar-refractivity contribution is 0.136. The molecule has 120 valence electrons. The standard InChI is InChI=1S/C17H36N2O/c1-5-11-18-17(6-2,14-20)10-7-12-19(13-15(3)4)16-8-9-16/h15-16,18,20H,5-14H2,1-4H3. The fourth-order valence-electron chi connectivity index (χ4n) is 2.98. The molecule has 0 aromatic carbocycles. The maximum absolute atomic E-state index is 9.76. The molecule has 0 aromatic rings. The Morgan fingerprint density at radius 1 is 1.30 bits per heavy atom. The first-order valence-corrected chi connectivity index (χ1v) is 8.66. The number of aliphatic hydroxyl groups excluding tert-OH is 1. The predicted octanol–water partition coefficient (Wildman–Crippen LogP) is 3.03. The molecule has 20 heavy (non-hydrogen) atoms. The molecule has 0 amide bonds. The SMILES string of the molecule is CCCNC(CC)(CO)CCCN(CC(C)C)C1CC1. The van der Waals surface area contributed by atoms with Crippen molar-refractivity contribution in [3.8, 4) is 0 Å². The molecule has 0 bridgehead atoms. The summed E-state index contributed by atoms with van der Waals surface area (Å²) in [7, 11) is 0. The van der Waals surface area contributed by atoms with Crippen molar-refractivity contribution in [3.63, 3.8) is 0 Å². The number of aliphatic hydroxyl groups is 1. The van der Waals surface area contributed by atoms with Crippen LogP contribution in [0.5, 0.6) is 0 Å². The average Bonchev–Trinajstić information content (AvgIpc) is 3.26. The molecule has 2 N–H and O–H groups in total. The highest BCUT2D eigenvalue weighted by Crippen LogP contribution is 2.28. The van der Waals surface area contributed by atoms with Crippen molar-refractivity contribution < 1.29 is 5.11 Å². The second-order valence-corrected chi connectivity index (χ2v) is 6.94. The van der Waals surface area contributed by atoms with Gasteiger partial charge < -0.3 is 15.3 Å². The minimum atomic E-state index is -0.0525. The third-order valence-electron chi connectivity index (χ3n) is 4.49. The summed E-state index contributed by atoms with van der Waals surface area (Å²) in [5, 5.41) is 13.3. The fraction of sp³-hybridized carbons (Fsp3) is 1.00. The molecular formula is C17H36N2O. The molecular weight excluding hydrogens is 248 g/mol. The van der Waals surface area contributed by atoms with E-state index in [-0.39, 0.29) is 12.1 Å². The summed E-state index contributed by atoms with van der Waals surface area (Å²) in [5.74, 6) is 0.752. The maximum atomic E-state index is 9.76. The van der Waals surface area contributed by atoms with Crippen molar-refractivity contribution in [2.75, 3.05) is 26.2 Å². The molecule has 3 heteroatoms. The van der Waals surface area contributed by atoms with Crippen LogP contribution < -0.4 is 5.32 Å². The number of nitrogens with one attached hydrogen (secondary N) is 1. The highest BCUT2D eigenvalue weighted by molar-refractivity contribution is 4.88. The first kappa shape index (κ1) is 17.9. The summed E-state index contributed by atoms with van der Waals surface area (Å²) in [6.07, 6.45) is 7.19. The molecule has 1 saturated carbocycles. The van der Waals surface area contributed by atoms with Gasteiger partial charge in [0, 0.05) is 18.1 Å². The van der Waals surface area contributed by atoms with Gasteiger partial charge in [-0.15, -0.1) is 0 Å². The van der Waals surface area contributed by atoms with Gasteiger partial charge in [0.05, 0.1) is 6.61 Å². The van der Waals surface area contributed by atoms with Crippen LogP contribution in [0.4, 0.5) is 0 Å². The van der Waals surface area contributed by atoms with Gasteiger partial charge in [-0.1, -0.05) is 27.7 Å². The lowest BCUT2D eigenvalue weighted by Gasteiger charge is -2.33. The van der Waals surface area contributed by atoms with Crippen LogP contribution in [0.3, 0.4) is 0 Å². The lowest BCUT2D eigenvalue weighted by Crippen LogP contribution is -2.48. The van der Waals surface area contributed by atoms with Gasteiger partial charge in [0.25, 0.3) is 0 Å². The van der Waals surface area contributed by atoms with Crippen LogP contribution in [-0.2, 0) is 0 Å².